The summed E-state index contributed by atoms with van der Waals surface area (Å²) in [5.41, 5.74) is 8.13. The monoisotopic (exact) mass is 421 g/mol. The number of halogens is 1. The maximum atomic E-state index is 5.89. The second-order valence-corrected chi connectivity index (χ2v) is 5.96. The number of aliphatic imine (C=N–C) groups is 1. The van der Waals surface area contributed by atoms with E-state index >= 15 is 0 Å². The number of rotatable bonds is 6. The first-order chi connectivity index (χ1) is 10.0. The number of aryl methyl sites for hydroxylation is 2. The van der Waals surface area contributed by atoms with Crippen LogP contribution in [0.25, 0.3) is 0 Å². The van der Waals surface area contributed by atoms with Gasteiger partial charge in [0.05, 0.1) is 11.8 Å². The largest absolute Gasteiger partial charge is 0.376 e. The third kappa shape index (κ3) is 6.12. The highest BCUT2D eigenvalue weighted by Gasteiger charge is 2.15. The number of nitrogens with two attached hydrogens (primary N) is 1. The van der Waals surface area contributed by atoms with Crippen molar-refractivity contribution in [2.24, 2.45) is 16.6 Å². The molecule has 7 heteroatoms. The summed E-state index contributed by atoms with van der Waals surface area (Å²) in [5, 5.41) is 7.61. The Kier molecular flexibility index (Phi) is 8.16. The van der Waals surface area contributed by atoms with Crippen LogP contribution in [0.15, 0.2) is 11.1 Å². The number of nitrogens with zero attached hydrogens (tertiary/aromatic N) is 3. The first-order valence-electron chi connectivity index (χ1n) is 7.71. The lowest BCUT2D eigenvalue weighted by atomic mass is 10.2. The molecule has 2 unspecified atom stereocenters. The van der Waals surface area contributed by atoms with Crippen molar-refractivity contribution in [3.8, 4) is 0 Å². The SMILES string of the molecule is Cc1cc(C)n(CC(C)CN=C(N)NCC2CCCO2)n1.I. The molecule has 0 saturated carbocycles. The second-order valence-electron chi connectivity index (χ2n) is 5.96. The molecule has 0 spiro atoms. The van der Waals surface area contributed by atoms with Gasteiger partial charge in [0, 0.05) is 31.9 Å². The fraction of sp³-hybridized carbons (Fsp3) is 0.733. The third-order valence-electron chi connectivity index (χ3n) is 3.70. The third-order valence-corrected chi connectivity index (χ3v) is 3.70. The lowest BCUT2D eigenvalue weighted by molar-refractivity contribution is 0.114. The van der Waals surface area contributed by atoms with Gasteiger partial charge in [-0.25, -0.2) is 0 Å². The van der Waals surface area contributed by atoms with Crippen molar-refractivity contribution >= 4 is 29.9 Å². The number of aromatic nitrogens is 2. The quantitative estimate of drug-likeness (QED) is 0.418. The fourth-order valence-corrected chi connectivity index (χ4v) is 2.55. The molecule has 2 rings (SSSR count). The number of hydrogen-bond acceptors (Lipinski definition) is 3. The minimum atomic E-state index is 0. The summed E-state index contributed by atoms with van der Waals surface area (Å²) < 4.78 is 7.57. The summed E-state index contributed by atoms with van der Waals surface area (Å²) >= 11 is 0. The maximum Gasteiger partial charge on any atom is 0.188 e. The van der Waals surface area contributed by atoms with Gasteiger partial charge < -0.3 is 15.8 Å². The van der Waals surface area contributed by atoms with Gasteiger partial charge in [0.15, 0.2) is 5.96 Å². The van der Waals surface area contributed by atoms with Gasteiger partial charge in [-0.2, -0.15) is 5.10 Å². The standard InChI is InChI=1S/C15H27N5O.HI/c1-11(10-20-13(3)7-12(2)19-20)8-17-15(16)18-9-14-5-4-6-21-14;/h7,11,14H,4-6,8-10H2,1-3H3,(H3,16,17,18);1H. The van der Waals surface area contributed by atoms with Crippen molar-refractivity contribution in [1.82, 2.24) is 15.1 Å². The first-order valence-corrected chi connectivity index (χ1v) is 7.71. The predicted molar refractivity (Wildman–Crippen MR) is 99.7 cm³/mol. The van der Waals surface area contributed by atoms with Crippen LogP contribution in [0.4, 0.5) is 0 Å². The van der Waals surface area contributed by atoms with Crippen LogP contribution in [0.3, 0.4) is 0 Å². The molecule has 0 bridgehead atoms. The molecular weight excluding hydrogens is 393 g/mol. The summed E-state index contributed by atoms with van der Waals surface area (Å²) in [6.07, 6.45) is 2.53. The normalized spacial score (nSPS) is 19.8. The summed E-state index contributed by atoms with van der Waals surface area (Å²) in [4.78, 5) is 4.40. The van der Waals surface area contributed by atoms with Crippen LogP contribution in [0.1, 0.15) is 31.2 Å². The highest BCUT2D eigenvalue weighted by Crippen LogP contribution is 2.10. The van der Waals surface area contributed by atoms with E-state index in [9.17, 15) is 0 Å². The molecule has 6 nitrogen and oxygen atoms in total. The molecule has 1 aromatic heterocycles. The lowest BCUT2D eigenvalue weighted by Crippen LogP contribution is -2.37. The molecule has 0 aliphatic carbocycles. The van der Waals surface area contributed by atoms with Crippen LogP contribution in [-0.4, -0.2) is 41.5 Å². The van der Waals surface area contributed by atoms with E-state index in [1.165, 1.54) is 5.69 Å². The van der Waals surface area contributed by atoms with E-state index in [0.717, 1.165) is 38.2 Å². The molecule has 2 heterocycles. The Morgan fingerprint density at radius 1 is 1.59 bits per heavy atom. The van der Waals surface area contributed by atoms with E-state index in [-0.39, 0.29) is 30.1 Å². The van der Waals surface area contributed by atoms with Gasteiger partial charge in [-0.1, -0.05) is 6.92 Å². The van der Waals surface area contributed by atoms with E-state index in [4.69, 9.17) is 10.5 Å². The lowest BCUT2D eigenvalue weighted by Gasteiger charge is -2.13. The zero-order chi connectivity index (χ0) is 15.2. The van der Waals surface area contributed by atoms with Crippen molar-refractivity contribution in [3.05, 3.63) is 17.5 Å². The van der Waals surface area contributed by atoms with E-state index in [1.54, 1.807) is 0 Å². The van der Waals surface area contributed by atoms with Gasteiger partial charge >= 0.3 is 0 Å². The Morgan fingerprint density at radius 3 is 2.95 bits per heavy atom. The number of hydrogen-bond donors (Lipinski definition) is 2. The van der Waals surface area contributed by atoms with Crippen LogP contribution < -0.4 is 11.1 Å². The molecule has 1 saturated heterocycles. The average molecular weight is 421 g/mol. The van der Waals surface area contributed by atoms with Gasteiger partial charge in [-0.15, -0.1) is 24.0 Å². The summed E-state index contributed by atoms with van der Waals surface area (Å²) in [6, 6.07) is 2.09. The summed E-state index contributed by atoms with van der Waals surface area (Å²) in [5.74, 6) is 0.900. The topological polar surface area (TPSA) is 77.5 Å². The minimum absolute atomic E-state index is 0. The molecule has 2 atom stereocenters. The van der Waals surface area contributed by atoms with Gasteiger partial charge in [-0.05, 0) is 38.7 Å². The van der Waals surface area contributed by atoms with E-state index in [0.29, 0.717) is 18.4 Å². The Morgan fingerprint density at radius 2 is 2.36 bits per heavy atom. The highest BCUT2D eigenvalue weighted by atomic mass is 127. The minimum Gasteiger partial charge on any atom is -0.376 e. The maximum absolute atomic E-state index is 5.89. The van der Waals surface area contributed by atoms with Crippen molar-refractivity contribution in [2.45, 2.75) is 46.3 Å². The molecule has 126 valence electrons. The Hall–Kier alpha value is -0.830. The van der Waals surface area contributed by atoms with E-state index < -0.39 is 0 Å². The summed E-state index contributed by atoms with van der Waals surface area (Å²) in [7, 11) is 0. The molecule has 1 aliphatic rings. The zero-order valence-electron chi connectivity index (χ0n) is 13.7. The summed E-state index contributed by atoms with van der Waals surface area (Å²) in [6.45, 7) is 9.43. The molecule has 0 amide bonds. The van der Waals surface area contributed by atoms with Gasteiger partial charge in [0.1, 0.15) is 0 Å². The molecule has 1 aromatic rings. The molecular formula is C15H28IN5O. The van der Waals surface area contributed by atoms with Gasteiger partial charge in [-0.3, -0.25) is 9.67 Å². The average Bonchev–Trinajstić information content (AvgIpc) is 3.04. The van der Waals surface area contributed by atoms with E-state index in [1.807, 2.05) is 11.6 Å². The number of nitrogens with one attached hydrogen (secondary N) is 1. The fourth-order valence-electron chi connectivity index (χ4n) is 2.55. The predicted octanol–water partition coefficient (Wildman–Crippen LogP) is 1.84. The number of guanidine groups is 1. The van der Waals surface area contributed by atoms with Crippen LogP contribution >= 0.6 is 24.0 Å². The van der Waals surface area contributed by atoms with Crippen molar-refractivity contribution in [2.75, 3.05) is 19.7 Å². The molecule has 22 heavy (non-hydrogen) atoms. The molecule has 0 aromatic carbocycles. The van der Waals surface area contributed by atoms with Crippen LogP contribution in [-0.2, 0) is 11.3 Å². The number of ether oxygens (including phenoxy) is 1. The highest BCUT2D eigenvalue weighted by molar-refractivity contribution is 14.0. The van der Waals surface area contributed by atoms with Gasteiger partial charge in [0.2, 0.25) is 0 Å². The van der Waals surface area contributed by atoms with Crippen molar-refractivity contribution in [1.29, 1.82) is 0 Å². The molecule has 3 N–H and O–H groups in total. The Balaban J connectivity index is 0.00000242. The van der Waals surface area contributed by atoms with Gasteiger partial charge in [0.25, 0.3) is 0 Å². The molecule has 1 aliphatic heterocycles. The molecule has 0 radical (unpaired) electrons. The first kappa shape index (κ1) is 19.2. The zero-order valence-corrected chi connectivity index (χ0v) is 16.0. The van der Waals surface area contributed by atoms with Crippen LogP contribution in [0.5, 0.6) is 0 Å². The van der Waals surface area contributed by atoms with Crippen molar-refractivity contribution in [3.63, 3.8) is 0 Å². The van der Waals surface area contributed by atoms with Crippen LogP contribution in [0.2, 0.25) is 0 Å². The second kappa shape index (κ2) is 9.34. The van der Waals surface area contributed by atoms with Crippen LogP contribution in [0, 0.1) is 19.8 Å². The molecule has 1 fully saturated rings. The van der Waals surface area contributed by atoms with Crippen molar-refractivity contribution < 1.29 is 4.74 Å². The Bertz CT molecular complexity index is 482. The van der Waals surface area contributed by atoms with E-state index in [2.05, 4.69) is 35.3 Å². The smallest absolute Gasteiger partial charge is 0.188 e. The Labute approximate surface area is 149 Å².